The van der Waals surface area contributed by atoms with Crippen LogP contribution in [0.2, 0.25) is 12.1 Å². The molecule has 4 heterocycles. The number of alkyl halides is 4. The van der Waals surface area contributed by atoms with Crippen molar-refractivity contribution in [2.45, 2.75) is 112 Å². The molecule has 0 aliphatic heterocycles. The van der Waals surface area contributed by atoms with Gasteiger partial charge in [0.1, 0.15) is 22.8 Å². The summed E-state index contributed by atoms with van der Waals surface area (Å²) in [5.74, 6) is -4.71. The average molecular weight is 2120 g/mol. The lowest BCUT2D eigenvalue weighted by Gasteiger charge is -2.24. The fourth-order valence-electron chi connectivity index (χ4n) is 14.2. The van der Waals surface area contributed by atoms with Crippen LogP contribution in [0.1, 0.15) is 220 Å². The van der Waals surface area contributed by atoms with Crippen molar-refractivity contribution in [3.63, 3.8) is 0 Å². The fourth-order valence-corrected chi connectivity index (χ4v) is 18.6. The van der Waals surface area contributed by atoms with Crippen LogP contribution in [-0.4, -0.2) is 262 Å². The summed E-state index contributed by atoms with van der Waals surface area (Å²) < 4.78 is 56.0. The van der Waals surface area contributed by atoms with Gasteiger partial charge in [-0.3, -0.25) is 33.7 Å². The standard InChI is InChI=1S/C52H59Cl2N7O9.C24H33ClN2O6Si.C23H29ClN2O8Si.2CO2/c1-34-30-40(31-44(59-34)50(65)68-2)42(53)20-14-35-10-16-38(17-11-35)48(63)56-23-22-55-24-27-61(28-25-57-47(62)37-8-6-5-7-9-37)29-26-58-49(64)39-18-12-36(13-19-39)15-21-43(54)41-32-45(51(66)69-3)60-46(33-41)52(67)70-4;1-17-15-20(16-22(27-17)24(29)30-2)21(25)12-9-18-7-10-19(11-8-18)23(28)26-13-6-14-34(31-3,32-4)33-5;1-31-35(32-2,33-3)12-4-11-25-22(28)17-8-5-16(6-9-17)7-10-19(24)18-13-20(23(29)30)26-21(14-18)34-15-27;2*2-1-3/h5-13,16-19,30-33,42-43,55H,14-15,20-29H2,1-4H3,(H,56,63)(H,57,62)(H,58,64);7-8,10-11,15-16,21H,6,9,12-14H2,1-5H3,(H,26,28);5-6,8-9,13-15,19H,4,7,10-12H2,1-3H3,(H,25,28)(H,29,30);;. The molecular weight excluding hydrogens is 2000 g/mol. The quantitative estimate of drug-likeness (QED) is 0.00465. The van der Waals surface area contributed by atoms with Gasteiger partial charge >= 0.3 is 59.8 Å². The number of nitrogens with one attached hydrogen (secondary N) is 6. The number of aromatic nitrogens is 4. The Morgan fingerprint density at radius 2 is 0.634 bits per heavy atom. The molecule has 0 bridgehead atoms. The summed E-state index contributed by atoms with van der Waals surface area (Å²) in [5.41, 5.74) is 10.8. The van der Waals surface area contributed by atoms with Crippen LogP contribution in [0.4, 0.5) is 0 Å². The van der Waals surface area contributed by atoms with Gasteiger partial charge in [-0.2, -0.15) is 19.2 Å². The molecule has 0 saturated heterocycles. The summed E-state index contributed by atoms with van der Waals surface area (Å²) in [5, 5.41) is 25.6. The number of hydrogen-bond donors (Lipinski definition) is 7. The second-order valence-electron chi connectivity index (χ2n) is 31.6. The summed E-state index contributed by atoms with van der Waals surface area (Å²) in [6, 6.07) is 52.2. The zero-order chi connectivity index (χ0) is 107. The summed E-state index contributed by atoms with van der Waals surface area (Å²) in [4.78, 5) is 184. The minimum atomic E-state index is -2.65. The maximum absolute atomic E-state index is 13.2. The van der Waals surface area contributed by atoms with E-state index in [2.05, 4.69) is 61.5 Å². The normalized spacial score (nSPS) is 11.6. The number of ether oxygens (including phenoxy) is 5. The number of carboxylic acids is 1. The molecule has 0 aliphatic rings. The van der Waals surface area contributed by atoms with Crippen LogP contribution in [0.25, 0.3) is 0 Å². The Morgan fingerprint density at radius 1 is 0.359 bits per heavy atom. The van der Waals surface area contributed by atoms with Crippen molar-refractivity contribution in [3.8, 4) is 5.88 Å². The van der Waals surface area contributed by atoms with E-state index in [9.17, 15) is 57.8 Å². The highest BCUT2D eigenvalue weighted by atomic mass is 35.5. The van der Waals surface area contributed by atoms with Gasteiger partial charge in [0.05, 0.1) is 49.9 Å². The zero-order valence-corrected chi connectivity index (χ0v) is 87.5. The van der Waals surface area contributed by atoms with Crippen molar-refractivity contribution in [1.29, 1.82) is 0 Å². The Bertz CT molecular complexity index is 5650. The predicted molar refractivity (Wildman–Crippen MR) is 539 cm³/mol. The highest BCUT2D eigenvalue weighted by molar-refractivity contribution is 6.61. The van der Waals surface area contributed by atoms with E-state index in [4.69, 9.17) is 111 Å². The number of esters is 4. The molecule has 145 heavy (non-hydrogen) atoms. The van der Waals surface area contributed by atoms with Gasteiger partial charge in [0.2, 0.25) is 5.88 Å². The lowest BCUT2D eigenvalue weighted by atomic mass is 10.0. The van der Waals surface area contributed by atoms with E-state index in [-0.39, 0.29) is 93.4 Å². The van der Waals surface area contributed by atoms with Crippen molar-refractivity contribution in [3.05, 3.63) is 288 Å². The molecule has 778 valence electrons. The van der Waals surface area contributed by atoms with Gasteiger partial charge in [-0.05, 0) is 226 Å². The van der Waals surface area contributed by atoms with Crippen LogP contribution in [0, 0.1) is 13.8 Å². The first-order chi connectivity index (χ1) is 69.6. The lowest BCUT2D eigenvalue weighted by Crippen LogP contribution is -2.43. The lowest BCUT2D eigenvalue weighted by molar-refractivity contribution is -0.193. The average Bonchev–Trinajstić information content (AvgIpc) is 0.829. The molecule has 0 spiro atoms. The van der Waals surface area contributed by atoms with Gasteiger partial charge in [0.25, 0.3) is 36.0 Å². The smallest absolute Gasteiger partial charge is 0.477 e. The molecule has 5 aromatic carbocycles. The van der Waals surface area contributed by atoms with Crippen LogP contribution < -0.4 is 36.6 Å². The summed E-state index contributed by atoms with van der Waals surface area (Å²) in [7, 11) is 9.17. The monoisotopic (exact) mass is 2120 g/mol. The van der Waals surface area contributed by atoms with Crippen LogP contribution in [0.5, 0.6) is 5.88 Å². The first-order valence-corrected chi connectivity index (χ1v) is 51.0. The van der Waals surface area contributed by atoms with Gasteiger partial charge < -0.3 is 87.2 Å². The van der Waals surface area contributed by atoms with E-state index in [0.29, 0.717) is 186 Å². The molecule has 4 atom stereocenters. The second kappa shape index (κ2) is 66.8. The highest BCUT2D eigenvalue weighted by Gasteiger charge is 2.38. The van der Waals surface area contributed by atoms with Crippen LogP contribution in [-0.2, 0) is 95.2 Å². The van der Waals surface area contributed by atoms with Gasteiger partial charge in [0, 0.05) is 165 Å². The molecule has 0 fully saturated rings. The number of carboxylic acid groups (broad SMARTS) is 1. The molecule has 5 amide bonds. The number of methoxy groups -OCH3 is 4. The van der Waals surface area contributed by atoms with Crippen LogP contribution in [0.15, 0.2) is 176 Å². The van der Waals surface area contributed by atoms with Gasteiger partial charge in [-0.25, -0.2) is 43.9 Å². The number of rotatable bonds is 54. The Morgan fingerprint density at radius 3 is 0.938 bits per heavy atom. The van der Waals surface area contributed by atoms with E-state index >= 15 is 0 Å². The molecule has 44 heteroatoms. The van der Waals surface area contributed by atoms with Crippen molar-refractivity contribution in [2.75, 3.05) is 137 Å². The Balaban J connectivity index is 0.000000412. The minimum absolute atomic E-state index is 0.0541. The largest absolute Gasteiger partial charge is 0.500 e. The van der Waals surface area contributed by atoms with E-state index in [0.717, 1.165) is 39.8 Å². The molecular formula is C101H121Cl4N11O27Si2. The maximum atomic E-state index is 13.2. The third-order valence-corrected chi connectivity index (χ3v) is 29.6. The number of aromatic carboxylic acids is 1. The molecule has 0 aliphatic carbocycles. The molecule has 9 rings (SSSR count). The molecule has 0 saturated carbocycles. The Hall–Kier alpha value is -13.1. The highest BCUT2D eigenvalue weighted by Crippen LogP contribution is 2.33. The second-order valence-corrected chi connectivity index (χ2v) is 39.9. The number of carbonyl (C=O) groups is 11. The predicted octanol–water partition coefficient (Wildman–Crippen LogP) is 12.6. The first kappa shape index (κ1) is 122. The van der Waals surface area contributed by atoms with Gasteiger partial charge in [-0.15, -0.1) is 46.4 Å². The number of benzene rings is 5. The Kier molecular flexibility index (Phi) is 56.3. The molecule has 9 aromatic rings. The minimum Gasteiger partial charge on any atom is -0.477 e. The zero-order valence-electron chi connectivity index (χ0n) is 82.5. The number of carbonyl (C=O) groups excluding carboxylic acids is 14. The van der Waals surface area contributed by atoms with Crippen molar-refractivity contribution < 1.29 is 127 Å². The number of nitrogens with zero attached hydrogens (tertiary/aromatic N) is 5. The Labute approximate surface area is 863 Å². The maximum Gasteiger partial charge on any atom is 0.500 e. The van der Waals surface area contributed by atoms with Crippen LogP contribution in [0.3, 0.4) is 0 Å². The number of amides is 5. The summed E-state index contributed by atoms with van der Waals surface area (Å²) in [6.45, 7) is 8.71. The summed E-state index contributed by atoms with van der Waals surface area (Å²) >= 11 is 26.5. The molecule has 7 N–H and O–H groups in total. The number of hydrogen-bond acceptors (Lipinski definition) is 32. The molecule has 4 unspecified atom stereocenters. The number of halogens is 4. The van der Waals surface area contributed by atoms with E-state index in [1.54, 1.807) is 122 Å². The SMILES string of the molecule is COC(=O)c1cc(C(Cl)CCc2ccc(C(=O)NCCC[Si](OC)(OC)OC)cc2)cc(C)n1.COC(=O)c1cc(C(Cl)CCc2ccc(C(=O)NCCNCCN(CCNC(=O)c3ccccc3)CCNC(=O)c3ccc(CCC(Cl)c4cc(C(=O)OC)nc(C(=O)OC)c4)cc3)cc2)cc(C)n1.CO[Si](CCCNC(=O)c1ccc(CCC(Cl)c2cc(OC=O)nc(C(=O)O)c2)cc1)(OC)OC.O=C=O.O=C=O. The third kappa shape index (κ3) is 43.0. The summed E-state index contributed by atoms with van der Waals surface area (Å²) in [6.07, 6.45) is 6.62. The topological polar surface area (TPSA) is 505 Å². The molecule has 38 nitrogen and oxygen atoms in total. The van der Waals surface area contributed by atoms with Crippen molar-refractivity contribution >= 4 is 142 Å². The third-order valence-electron chi connectivity index (χ3n) is 22.1. The first-order valence-electron chi connectivity index (χ1n) is 45.4. The van der Waals surface area contributed by atoms with E-state index in [1.165, 1.54) is 52.7 Å². The van der Waals surface area contributed by atoms with Crippen molar-refractivity contribution in [1.82, 2.24) is 56.7 Å². The number of pyridine rings is 4. The fraction of sp³-hybridized carbons (Fsp3) is 0.376. The van der Waals surface area contributed by atoms with Gasteiger partial charge in [0.15, 0.2) is 5.69 Å². The molecule has 4 aromatic heterocycles. The van der Waals surface area contributed by atoms with Crippen molar-refractivity contribution in [2.24, 2.45) is 0 Å². The molecule has 0 radical (unpaired) electrons. The number of aryl methyl sites for hydroxylation is 6. The van der Waals surface area contributed by atoms with E-state index in [1.807, 2.05) is 85.8 Å². The van der Waals surface area contributed by atoms with Gasteiger partial charge in [-0.1, -0.05) is 66.7 Å². The van der Waals surface area contributed by atoms with Crippen LogP contribution >= 0.6 is 46.4 Å². The van der Waals surface area contributed by atoms with E-state index < -0.39 is 58.2 Å².